The van der Waals surface area contributed by atoms with Crippen LogP contribution in [0.15, 0.2) is 18.2 Å². The van der Waals surface area contributed by atoms with Crippen molar-refractivity contribution in [3.8, 4) is 5.75 Å². The van der Waals surface area contributed by atoms with E-state index >= 15 is 0 Å². The minimum atomic E-state index is 0.0265. The monoisotopic (exact) mass is 211 g/mol. The zero-order valence-corrected chi connectivity index (χ0v) is 8.92. The molecular weight excluding hydrogens is 198 g/mol. The normalized spacial score (nSPS) is 17.9. The van der Waals surface area contributed by atoms with Gasteiger partial charge >= 0.3 is 0 Å². The second-order valence-electron chi connectivity index (χ2n) is 3.72. The van der Waals surface area contributed by atoms with E-state index in [4.69, 9.17) is 22.1 Å². The van der Waals surface area contributed by atoms with Gasteiger partial charge in [-0.1, -0.05) is 17.7 Å². The molecule has 1 aromatic carbocycles. The molecule has 1 fully saturated rings. The molecule has 3 heteroatoms. The Morgan fingerprint density at radius 1 is 1.50 bits per heavy atom. The Balaban J connectivity index is 2.37. The molecule has 1 aliphatic carbocycles. The third-order valence-electron chi connectivity index (χ3n) is 2.70. The van der Waals surface area contributed by atoms with Crippen LogP contribution in [-0.2, 0) is 0 Å². The van der Waals surface area contributed by atoms with E-state index in [0.717, 1.165) is 11.3 Å². The van der Waals surface area contributed by atoms with Gasteiger partial charge < -0.3 is 10.5 Å². The van der Waals surface area contributed by atoms with Crippen LogP contribution in [0.5, 0.6) is 5.75 Å². The molecule has 1 atom stereocenters. The first kappa shape index (κ1) is 9.81. The van der Waals surface area contributed by atoms with Gasteiger partial charge in [-0.3, -0.25) is 0 Å². The molecule has 76 valence electrons. The topological polar surface area (TPSA) is 35.2 Å². The Morgan fingerprint density at radius 2 is 2.21 bits per heavy atom. The Hall–Kier alpha value is -0.730. The minimum Gasteiger partial charge on any atom is -0.496 e. The number of hydrogen-bond acceptors (Lipinski definition) is 2. The first-order valence-corrected chi connectivity index (χ1v) is 5.20. The van der Waals surface area contributed by atoms with Crippen LogP contribution in [-0.4, -0.2) is 7.11 Å². The largest absolute Gasteiger partial charge is 0.496 e. The molecule has 0 heterocycles. The van der Waals surface area contributed by atoms with E-state index in [1.807, 2.05) is 18.2 Å². The summed E-state index contributed by atoms with van der Waals surface area (Å²) in [5, 5.41) is 0.712. The van der Waals surface area contributed by atoms with E-state index in [1.54, 1.807) is 7.11 Å². The minimum absolute atomic E-state index is 0.0265. The lowest BCUT2D eigenvalue weighted by atomic mass is 10.0. The van der Waals surface area contributed by atoms with Crippen molar-refractivity contribution in [1.82, 2.24) is 0 Å². The maximum absolute atomic E-state index is 6.11. The van der Waals surface area contributed by atoms with Crippen LogP contribution in [0.1, 0.15) is 24.4 Å². The number of hydrogen-bond donors (Lipinski definition) is 1. The third-order valence-corrected chi connectivity index (χ3v) is 3.03. The van der Waals surface area contributed by atoms with Gasteiger partial charge in [0.25, 0.3) is 0 Å². The predicted molar refractivity (Wildman–Crippen MR) is 57.7 cm³/mol. The van der Waals surface area contributed by atoms with Crippen LogP contribution < -0.4 is 10.5 Å². The van der Waals surface area contributed by atoms with Crippen molar-refractivity contribution in [3.05, 3.63) is 28.8 Å². The number of benzene rings is 1. The SMILES string of the molecule is COc1cccc(Cl)c1[C@@H](N)C1CC1. The fourth-order valence-corrected chi connectivity index (χ4v) is 2.00. The van der Waals surface area contributed by atoms with Crippen molar-refractivity contribution in [3.63, 3.8) is 0 Å². The summed E-state index contributed by atoms with van der Waals surface area (Å²) < 4.78 is 5.26. The highest BCUT2D eigenvalue weighted by Crippen LogP contribution is 2.44. The van der Waals surface area contributed by atoms with E-state index < -0.39 is 0 Å². The summed E-state index contributed by atoms with van der Waals surface area (Å²) in [5.74, 6) is 1.39. The van der Waals surface area contributed by atoms with Crippen molar-refractivity contribution in [2.45, 2.75) is 18.9 Å². The summed E-state index contributed by atoms with van der Waals surface area (Å²) in [5.41, 5.74) is 7.07. The molecule has 0 aliphatic heterocycles. The quantitative estimate of drug-likeness (QED) is 0.835. The maximum atomic E-state index is 6.11. The Bertz CT molecular complexity index is 336. The molecule has 0 amide bonds. The second kappa shape index (κ2) is 3.79. The highest BCUT2D eigenvalue weighted by molar-refractivity contribution is 6.31. The van der Waals surface area contributed by atoms with Crippen molar-refractivity contribution in [2.75, 3.05) is 7.11 Å². The van der Waals surface area contributed by atoms with Crippen molar-refractivity contribution < 1.29 is 4.74 Å². The summed E-state index contributed by atoms with van der Waals surface area (Å²) in [6.07, 6.45) is 2.41. The van der Waals surface area contributed by atoms with Gasteiger partial charge in [0.1, 0.15) is 5.75 Å². The molecule has 0 aromatic heterocycles. The number of halogens is 1. The number of ether oxygens (including phenoxy) is 1. The van der Waals surface area contributed by atoms with Gasteiger partial charge in [0.05, 0.1) is 7.11 Å². The van der Waals surface area contributed by atoms with Gasteiger partial charge in [-0.25, -0.2) is 0 Å². The fraction of sp³-hybridized carbons (Fsp3) is 0.455. The van der Waals surface area contributed by atoms with Crippen molar-refractivity contribution in [2.24, 2.45) is 11.7 Å². The third kappa shape index (κ3) is 1.72. The standard InChI is InChI=1S/C11H14ClNO/c1-14-9-4-2-3-8(12)10(9)11(13)7-5-6-7/h2-4,7,11H,5-6,13H2,1H3/t11-/m0/s1. The molecule has 0 bridgehead atoms. The van der Waals surface area contributed by atoms with E-state index in [9.17, 15) is 0 Å². The first-order chi connectivity index (χ1) is 6.74. The average molecular weight is 212 g/mol. The lowest BCUT2D eigenvalue weighted by molar-refractivity contribution is 0.403. The van der Waals surface area contributed by atoms with Crippen molar-refractivity contribution >= 4 is 11.6 Å². The second-order valence-corrected chi connectivity index (χ2v) is 4.13. The molecule has 0 saturated heterocycles. The summed E-state index contributed by atoms with van der Waals surface area (Å²) in [6.45, 7) is 0. The van der Waals surface area contributed by atoms with Crippen LogP contribution in [0.3, 0.4) is 0 Å². The zero-order chi connectivity index (χ0) is 10.1. The number of rotatable bonds is 3. The smallest absolute Gasteiger partial charge is 0.125 e. The molecule has 2 N–H and O–H groups in total. The van der Waals surface area contributed by atoms with Crippen LogP contribution >= 0.6 is 11.6 Å². The molecular formula is C11H14ClNO. The Labute approximate surface area is 89.0 Å². The molecule has 0 unspecified atom stereocenters. The average Bonchev–Trinajstić information content (AvgIpc) is 2.99. The predicted octanol–water partition coefficient (Wildman–Crippen LogP) is 2.76. The molecule has 1 aromatic rings. The lowest BCUT2D eigenvalue weighted by Crippen LogP contribution is -2.14. The van der Waals surface area contributed by atoms with Gasteiger partial charge in [-0.05, 0) is 30.9 Å². The highest BCUT2D eigenvalue weighted by Gasteiger charge is 2.32. The van der Waals surface area contributed by atoms with Crippen LogP contribution in [0, 0.1) is 5.92 Å². The van der Waals surface area contributed by atoms with Crippen LogP contribution in [0.4, 0.5) is 0 Å². The van der Waals surface area contributed by atoms with Crippen LogP contribution in [0.2, 0.25) is 5.02 Å². The van der Waals surface area contributed by atoms with E-state index in [2.05, 4.69) is 0 Å². The molecule has 2 nitrogen and oxygen atoms in total. The molecule has 0 spiro atoms. The summed E-state index contributed by atoms with van der Waals surface area (Å²) in [4.78, 5) is 0. The maximum Gasteiger partial charge on any atom is 0.125 e. The highest BCUT2D eigenvalue weighted by atomic mass is 35.5. The summed E-state index contributed by atoms with van der Waals surface area (Å²) in [7, 11) is 1.65. The summed E-state index contributed by atoms with van der Waals surface area (Å²) in [6, 6.07) is 5.67. The zero-order valence-electron chi connectivity index (χ0n) is 8.16. The van der Waals surface area contributed by atoms with Gasteiger partial charge in [-0.2, -0.15) is 0 Å². The molecule has 1 aliphatic rings. The van der Waals surface area contributed by atoms with Gasteiger partial charge in [0.2, 0.25) is 0 Å². The van der Waals surface area contributed by atoms with E-state index in [-0.39, 0.29) is 6.04 Å². The Kier molecular flexibility index (Phi) is 2.66. The van der Waals surface area contributed by atoms with Crippen LogP contribution in [0.25, 0.3) is 0 Å². The first-order valence-electron chi connectivity index (χ1n) is 4.82. The molecule has 14 heavy (non-hydrogen) atoms. The molecule has 1 saturated carbocycles. The van der Waals surface area contributed by atoms with Crippen molar-refractivity contribution in [1.29, 1.82) is 0 Å². The number of methoxy groups -OCH3 is 1. The summed E-state index contributed by atoms with van der Waals surface area (Å²) >= 11 is 6.11. The fourth-order valence-electron chi connectivity index (χ4n) is 1.71. The molecule has 0 radical (unpaired) electrons. The molecule has 2 rings (SSSR count). The lowest BCUT2D eigenvalue weighted by Gasteiger charge is -2.16. The van der Waals surface area contributed by atoms with E-state index in [0.29, 0.717) is 10.9 Å². The Morgan fingerprint density at radius 3 is 2.79 bits per heavy atom. The van der Waals surface area contributed by atoms with Gasteiger partial charge in [0, 0.05) is 16.6 Å². The van der Waals surface area contributed by atoms with Gasteiger partial charge in [0.15, 0.2) is 0 Å². The number of nitrogens with two attached hydrogens (primary N) is 1. The van der Waals surface area contributed by atoms with E-state index in [1.165, 1.54) is 12.8 Å². The van der Waals surface area contributed by atoms with Gasteiger partial charge in [-0.15, -0.1) is 0 Å².